The van der Waals surface area contributed by atoms with E-state index in [9.17, 15) is 14.4 Å². The minimum Gasteiger partial charge on any atom is -0.476 e. The quantitative estimate of drug-likeness (QED) is 0.809. The Morgan fingerprint density at radius 2 is 1.86 bits per heavy atom. The smallest absolute Gasteiger partial charge is 0.410 e. The Bertz CT molecular complexity index is 436. The first-order valence-electron chi connectivity index (χ1n) is 7.17. The maximum Gasteiger partial charge on any atom is 0.410 e. The van der Waals surface area contributed by atoms with Crippen molar-refractivity contribution in [3.05, 3.63) is 0 Å². The van der Waals surface area contributed by atoms with E-state index in [1.165, 1.54) is 4.90 Å². The van der Waals surface area contributed by atoms with Crippen LogP contribution in [0.5, 0.6) is 0 Å². The molecule has 0 bridgehead atoms. The van der Waals surface area contributed by atoms with Gasteiger partial charge in [0.05, 0.1) is 0 Å². The standard InChI is InChI=1S/C15H25NO5/c1-14(2,3)21-13(20)16-9-15(4,5)7-6-10(16)8-11(17)12(18)19/h10H,6-9H2,1-5H3,(H,18,19). The SMILES string of the molecule is CC1(C)CCC(CC(=O)C(=O)O)N(C(=O)OC(C)(C)C)C1. The average molecular weight is 299 g/mol. The largest absolute Gasteiger partial charge is 0.476 e. The zero-order chi connectivity index (χ0) is 16.4. The molecule has 120 valence electrons. The lowest BCUT2D eigenvalue weighted by Crippen LogP contribution is -2.52. The molecule has 21 heavy (non-hydrogen) atoms. The van der Waals surface area contributed by atoms with E-state index in [0.29, 0.717) is 13.0 Å². The number of carbonyl (C=O) groups excluding carboxylic acids is 2. The second kappa shape index (κ2) is 6.03. The number of amides is 1. The molecule has 6 heteroatoms. The molecule has 0 aromatic heterocycles. The fraction of sp³-hybridized carbons (Fsp3) is 0.800. The summed E-state index contributed by atoms with van der Waals surface area (Å²) in [6.07, 6.45) is 0.790. The first kappa shape index (κ1) is 17.5. The van der Waals surface area contributed by atoms with Crippen molar-refractivity contribution in [3.63, 3.8) is 0 Å². The molecule has 1 fully saturated rings. The predicted octanol–water partition coefficient (Wildman–Crippen LogP) is 2.46. The van der Waals surface area contributed by atoms with Crippen LogP contribution >= 0.6 is 0 Å². The molecule has 1 amide bonds. The number of ketones is 1. The number of carbonyl (C=O) groups is 3. The molecule has 6 nitrogen and oxygen atoms in total. The molecular weight excluding hydrogens is 274 g/mol. The van der Waals surface area contributed by atoms with Gasteiger partial charge in [-0.15, -0.1) is 0 Å². The summed E-state index contributed by atoms with van der Waals surface area (Å²) in [6, 6.07) is -0.406. The van der Waals surface area contributed by atoms with Crippen molar-refractivity contribution >= 4 is 17.8 Å². The number of ether oxygens (including phenoxy) is 1. The van der Waals surface area contributed by atoms with E-state index >= 15 is 0 Å². The van der Waals surface area contributed by atoms with E-state index in [1.54, 1.807) is 20.8 Å². The molecule has 1 saturated heterocycles. The van der Waals surface area contributed by atoms with Gasteiger partial charge in [0, 0.05) is 19.0 Å². The minimum absolute atomic E-state index is 0.0698. The number of aliphatic carboxylic acids is 1. The first-order chi connectivity index (χ1) is 9.41. The van der Waals surface area contributed by atoms with E-state index in [-0.39, 0.29) is 11.8 Å². The van der Waals surface area contributed by atoms with E-state index in [1.807, 2.05) is 13.8 Å². The van der Waals surface area contributed by atoms with Crippen molar-refractivity contribution in [1.82, 2.24) is 4.90 Å². The molecule has 1 unspecified atom stereocenters. The zero-order valence-corrected chi connectivity index (χ0v) is 13.4. The Hall–Kier alpha value is -1.59. The molecule has 1 N–H and O–H groups in total. The van der Waals surface area contributed by atoms with Gasteiger partial charge in [-0.05, 0) is 39.0 Å². The number of hydrogen-bond donors (Lipinski definition) is 1. The van der Waals surface area contributed by atoms with E-state index < -0.39 is 29.5 Å². The summed E-state index contributed by atoms with van der Waals surface area (Å²) in [5.74, 6) is -2.32. The van der Waals surface area contributed by atoms with Gasteiger partial charge < -0.3 is 14.7 Å². The molecule has 0 saturated carbocycles. The molecule has 0 spiro atoms. The van der Waals surface area contributed by atoms with Gasteiger partial charge in [0.15, 0.2) is 0 Å². The number of hydrogen-bond acceptors (Lipinski definition) is 4. The number of carboxylic acids is 1. The van der Waals surface area contributed by atoms with Crippen LogP contribution in [0, 0.1) is 5.41 Å². The minimum atomic E-state index is -1.45. The Labute approximate surface area is 125 Å². The van der Waals surface area contributed by atoms with Crippen LogP contribution in [-0.4, -0.2) is 46.0 Å². The van der Waals surface area contributed by atoms with Crippen LogP contribution in [0.2, 0.25) is 0 Å². The second-order valence-corrected chi connectivity index (χ2v) is 7.40. The number of nitrogens with zero attached hydrogens (tertiary/aromatic N) is 1. The lowest BCUT2D eigenvalue weighted by Gasteiger charge is -2.43. The maximum absolute atomic E-state index is 12.3. The second-order valence-electron chi connectivity index (χ2n) is 7.40. The highest BCUT2D eigenvalue weighted by Crippen LogP contribution is 2.34. The van der Waals surface area contributed by atoms with Gasteiger partial charge >= 0.3 is 12.1 Å². The van der Waals surface area contributed by atoms with Crippen molar-refractivity contribution in [2.75, 3.05) is 6.54 Å². The summed E-state index contributed by atoms with van der Waals surface area (Å²) in [6.45, 7) is 9.87. The molecule has 1 atom stereocenters. The summed E-state index contributed by atoms with van der Waals surface area (Å²) < 4.78 is 5.37. The summed E-state index contributed by atoms with van der Waals surface area (Å²) in [5, 5.41) is 8.74. The van der Waals surface area contributed by atoms with Crippen LogP contribution in [0.1, 0.15) is 53.9 Å². The molecule has 0 radical (unpaired) electrons. The molecule has 0 aromatic rings. The average Bonchev–Trinajstić information content (AvgIpc) is 2.28. The van der Waals surface area contributed by atoms with Gasteiger partial charge in [-0.3, -0.25) is 4.79 Å². The number of rotatable bonds is 3. The van der Waals surface area contributed by atoms with Crippen LogP contribution in [0.4, 0.5) is 4.79 Å². The third-order valence-corrected chi connectivity index (χ3v) is 3.48. The van der Waals surface area contributed by atoms with Crippen LogP contribution in [0.25, 0.3) is 0 Å². The molecule has 1 aliphatic heterocycles. The molecule has 1 heterocycles. The highest BCUT2D eigenvalue weighted by Gasteiger charge is 2.39. The number of Topliss-reactive ketones (excluding diaryl/α,β-unsaturated/α-hetero) is 1. The molecule has 0 aliphatic carbocycles. The van der Waals surface area contributed by atoms with Crippen LogP contribution < -0.4 is 0 Å². The maximum atomic E-state index is 12.3. The van der Waals surface area contributed by atoms with Crippen molar-refractivity contribution in [2.45, 2.75) is 65.5 Å². The number of carboxylic acid groups (broad SMARTS) is 1. The molecule has 0 aromatic carbocycles. The fourth-order valence-corrected chi connectivity index (χ4v) is 2.43. The van der Waals surface area contributed by atoms with Crippen molar-refractivity contribution in [1.29, 1.82) is 0 Å². The highest BCUT2D eigenvalue weighted by atomic mass is 16.6. The molecule has 1 rings (SSSR count). The summed E-state index contributed by atoms with van der Waals surface area (Å²) in [5.41, 5.74) is -0.695. The van der Waals surface area contributed by atoms with Crippen molar-refractivity contribution in [2.24, 2.45) is 5.41 Å². The number of likely N-dealkylation sites (tertiary alicyclic amines) is 1. The number of piperidine rings is 1. The third-order valence-electron chi connectivity index (χ3n) is 3.48. The lowest BCUT2D eigenvalue weighted by atomic mass is 9.80. The van der Waals surface area contributed by atoms with Gasteiger partial charge in [0.2, 0.25) is 5.78 Å². The monoisotopic (exact) mass is 299 g/mol. The van der Waals surface area contributed by atoms with Crippen LogP contribution in [0.3, 0.4) is 0 Å². The highest BCUT2D eigenvalue weighted by molar-refractivity contribution is 6.32. The van der Waals surface area contributed by atoms with E-state index in [4.69, 9.17) is 9.84 Å². The van der Waals surface area contributed by atoms with Crippen molar-refractivity contribution in [3.8, 4) is 0 Å². The molecule has 1 aliphatic rings. The topological polar surface area (TPSA) is 83.9 Å². The third kappa shape index (κ3) is 5.36. The van der Waals surface area contributed by atoms with Gasteiger partial charge in [-0.1, -0.05) is 13.8 Å². The summed E-state index contributed by atoms with van der Waals surface area (Å²) in [7, 11) is 0. The Balaban J connectivity index is 2.87. The summed E-state index contributed by atoms with van der Waals surface area (Å²) in [4.78, 5) is 36.0. The van der Waals surface area contributed by atoms with Gasteiger partial charge in [-0.25, -0.2) is 9.59 Å². The summed E-state index contributed by atoms with van der Waals surface area (Å²) >= 11 is 0. The van der Waals surface area contributed by atoms with Crippen LogP contribution in [-0.2, 0) is 14.3 Å². The van der Waals surface area contributed by atoms with Gasteiger partial charge in [0.25, 0.3) is 0 Å². The van der Waals surface area contributed by atoms with Gasteiger partial charge in [0.1, 0.15) is 5.60 Å². The Morgan fingerprint density at radius 3 is 2.33 bits per heavy atom. The van der Waals surface area contributed by atoms with Crippen molar-refractivity contribution < 1.29 is 24.2 Å². The Morgan fingerprint density at radius 1 is 1.29 bits per heavy atom. The van der Waals surface area contributed by atoms with Crippen LogP contribution in [0.15, 0.2) is 0 Å². The van der Waals surface area contributed by atoms with E-state index in [0.717, 1.165) is 6.42 Å². The van der Waals surface area contributed by atoms with Gasteiger partial charge in [-0.2, -0.15) is 0 Å². The predicted molar refractivity (Wildman–Crippen MR) is 77.0 cm³/mol. The van der Waals surface area contributed by atoms with E-state index in [2.05, 4.69) is 0 Å². The first-order valence-corrected chi connectivity index (χ1v) is 7.17. The normalized spacial score (nSPS) is 21.8. The zero-order valence-electron chi connectivity index (χ0n) is 13.4. The molecular formula is C15H25NO5. The Kier molecular flexibility index (Phi) is 5.02. The lowest BCUT2D eigenvalue weighted by molar-refractivity contribution is -0.149. The fourth-order valence-electron chi connectivity index (χ4n) is 2.43.